The zero-order valence-electron chi connectivity index (χ0n) is 24.7. The molecule has 0 unspecified atom stereocenters. The average molecular weight is 689 g/mol. The molecular weight excluding hydrogens is 660 g/mol. The molecule has 0 atom stereocenters. The second-order valence-corrected chi connectivity index (χ2v) is 9.51. The van der Waals surface area contributed by atoms with Gasteiger partial charge in [-0.25, -0.2) is 0 Å². The van der Waals surface area contributed by atoms with Crippen LogP contribution in [0.1, 0.15) is 12.8 Å². The zero-order valence-corrected chi connectivity index (χ0v) is 26.5. The standard InChI is InChI=1S/C17H13N3O.2C10H8N2.Ru/c1-2-3-8-15(21)20-14-11-12-6-4-9-18-16(12)17-13(14)7-5-10-19-17;2*1-3-7-11-9(5-1)10-6-2-4-8-12-10;/h1,4-7,9-11H,3,8H2,(H,20,21);2*1-8H;. The van der Waals surface area contributed by atoms with Crippen molar-refractivity contribution in [1.29, 1.82) is 0 Å². The number of aromatic nitrogens is 6. The van der Waals surface area contributed by atoms with Gasteiger partial charge in [-0.15, -0.1) is 12.3 Å². The van der Waals surface area contributed by atoms with E-state index >= 15 is 0 Å². The third-order valence-electron chi connectivity index (χ3n) is 6.42. The van der Waals surface area contributed by atoms with Gasteiger partial charge in [-0.3, -0.25) is 34.7 Å². The molecule has 9 heteroatoms. The fraction of sp³-hybridized carbons (Fsp3) is 0.0541. The fourth-order valence-corrected chi connectivity index (χ4v) is 4.34. The molecule has 0 saturated heterocycles. The van der Waals surface area contributed by atoms with Gasteiger partial charge < -0.3 is 5.32 Å². The average Bonchev–Trinajstić information content (AvgIpc) is 3.13. The number of anilines is 1. The normalized spacial score (nSPS) is 9.80. The number of amides is 1. The van der Waals surface area contributed by atoms with Crippen LogP contribution in [0.2, 0.25) is 0 Å². The van der Waals surface area contributed by atoms with Gasteiger partial charge in [0.25, 0.3) is 0 Å². The third kappa shape index (κ3) is 9.15. The summed E-state index contributed by atoms with van der Waals surface area (Å²) in [7, 11) is 0. The van der Waals surface area contributed by atoms with Crippen molar-refractivity contribution in [3.63, 3.8) is 0 Å². The number of hydrogen-bond acceptors (Lipinski definition) is 7. The van der Waals surface area contributed by atoms with Crippen LogP contribution in [-0.2, 0) is 24.3 Å². The molecule has 6 heterocycles. The Morgan fingerprint density at radius 3 is 1.50 bits per heavy atom. The molecule has 6 aromatic heterocycles. The van der Waals surface area contributed by atoms with E-state index < -0.39 is 0 Å². The van der Waals surface area contributed by atoms with Crippen LogP contribution < -0.4 is 5.32 Å². The van der Waals surface area contributed by atoms with E-state index in [1.165, 1.54) is 0 Å². The topological polar surface area (TPSA) is 106 Å². The Morgan fingerprint density at radius 1 is 0.587 bits per heavy atom. The summed E-state index contributed by atoms with van der Waals surface area (Å²) >= 11 is 0. The molecule has 0 saturated carbocycles. The molecule has 0 spiro atoms. The van der Waals surface area contributed by atoms with E-state index in [4.69, 9.17) is 6.42 Å². The van der Waals surface area contributed by atoms with Crippen LogP contribution >= 0.6 is 0 Å². The summed E-state index contributed by atoms with van der Waals surface area (Å²) < 4.78 is 0. The number of carbonyl (C=O) groups is 1. The van der Waals surface area contributed by atoms with Crippen molar-refractivity contribution < 1.29 is 24.3 Å². The van der Waals surface area contributed by atoms with E-state index in [-0.39, 0.29) is 25.4 Å². The first-order valence-electron chi connectivity index (χ1n) is 14.2. The molecule has 1 amide bonds. The van der Waals surface area contributed by atoms with Crippen LogP contribution in [0.25, 0.3) is 44.6 Å². The van der Waals surface area contributed by atoms with Gasteiger partial charge in [0.15, 0.2) is 0 Å². The first-order valence-corrected chi connectivity index (χ1v) is 14.2. The third-order valence-corrected chi connectivity index (χ3v) is 6.42. The predicted molar refractivity (Wildman–Crippen MR) is 179 cm³/mol. The van der Waals surface area contributed by atoms with Crippen LogP contribution in [0.5, 0.6) is 0 Å². The molecule has 7 aromatic rings. The molecule has 1 N–H and O–H groups in total. The Labute approximate surface area is 280 Å². The summed E-state index contributed by atoms with van der Waals surface area (Å²) in [6.45, 7) is 0. The summed E-state index contributed by atoms with van der Waals surface area (Å²) in [4.78, 5) is 37.4. The number of hydrogen-bond donors (Lipinski definition) is 1. The largest absolute Gasteiger partial charge is 0.325 e. The summed E-state index contributed by atoms with van der Waals surface area (Å²) in [5.74, 6) is 2.37. The second kappa shape index (κ2) is 17.6. The second-order valence-electron chi connectivity index (χ2n) is 9.51. The van der Waals surface area contributed by atoms with Gasteiger partial charge in [-0.05, 0) is 72.8 Å². The van der Waals surface area contributed by atoms with Crippen molar-refractivity contribution in [2.75, 3.05) is 5.32 Å². The number of benzene rings is 1. The van der Waals surface area contributed by atoms with Crippen molar-refractivity contribution in [2.45, 2.75) is 12.8 Å². The van der Waals surface area contributed by atoms with Crippen molar-refractivity contribution in [2.24, 2.45) is 0 Å². The number of pyridine rings is 6. The summed E-state index contributed by atoms with van der Waals surface area (Å²) in [5.41, 5.74) is 6.01. The first-order chi connectivity index (χ1) is 22.2. The molecule has 46 heavy (non-hydrogen) atoms. The Bertz CT molecular complexity index is 1860. The molecule has 0 aliphatic carbocycles. The van der Waals surface area contributed by atoms with E-state index in [0.29, 0.717) is 12.8 Å². The Morgan fingerprint density at radius 2 is 1.04 bits per heavy atom. The van der Waals surface area contributed by atoms with Gasteiger partial charge in [-0.2, -0.15) is 0 Å². The van der Waals surface area contributed by atoms with Gasteiger partial charge in [0.1, 0.15) is 0 Å². The Hall–Kier alpha value is -5.71. The molecule has 0 aliphatic heterocycles. The van der Waals surface area contributed by atoms with E-state index in [1.54, 1.807) is 37.2 Å². The minimum atomic E-state index is -0.0960. The van der Waals surface area contributed by atoms with Gasteiger partial charge in [0.05, 0.1) is 39.5 Å². The Kier molecular flexibility index (Phi) is 12.7. The van der Waals surface area contributed by atoms with Crippen LogP contribution in [0.4, 0.5) is 5.69 Å². The number of terminal acetylenes is 1. The van der Waals surface area contributed by atoms with Crippen LogP contribution in [-0.4, -0.2) is 35.8 Å². The molecular formula is C37H29N7ORu. The Balaban J connectivity index is 0.000000165. The maximum absolute atomic E-state index is 11.9. The van der Waals surface area contributed by atoms with Crippen molar-refractivity contribution in [3.8, 4) is 35.1 Å². The summed E-state index contributed by atoms with van der Waals surface area (Å²) in [6, 6.07) is 32.7. The predicted octanol–water partition coefficient (Wildman–Crippen LogP) is 7.42. The molecule has 0 aliphatic rings. The number of nitrogens with one attached hydrogen (secondary N) is 1. The molecule has 8 nitrogen and oxygen atoms in total. The molecule has 0 fully saturated rings. The van der Waals surface area contributed by atoms with Gasteiger partial charge in [0, 0.05) is 80.3 Å². The van der Waals surface area contributed by atoms with E-state index in [9.17, 15) is 4.79 Å². The number of rotatable bonds is 5. The monoisotopic (exact) mass is 689 g/mol. The van der Waals surface area contributed by atoms with Gasteiger partial charge in [0.2, 0.25) is 5.91 Å². The molecule has 0 bridgehead atoms. The minimum absolute atomic E-state index is 0. The van der Waals surface area contributed by atoms with Crippen molar-refractivity contribution >= 4 is 33.4 Å². The number of carbonyl (C=O) groups excluding carboxylic acids is 1. The SMILES string of the molecule is C#CCCC(=O)Nc1cc2cccnc2c2ncccc12.[Ru].c1ccc(-c2ccccn2)nc1.c1ccc(-c2ccccn2)nc1. The van der Waals surface area contributed by atoms with Crippen molar-refractivity contribution in [1.82, 2.24) is 29.9 Å². The van der Waals surface area contributed by atoms with Crippen LogP contribution in [0, 0.1) is 12.3 Å². The van der Waals surface area contributed by atoms with Crippen LogP contribution in [0.3, 0.4) is 0 Å². The quantitative estimate of drug-likeness (QED) is 0.114. The maximum Gasteiger partial charge on any atom is 0.225 e. The molecule has 7 rings (SSSR count). The van der Waals surface area contributed by atoms with E-state index in [1.807, 2.05) is 103 Å². The van der Waals surface area contributed by atoms with E-state index in [2.05, 4.69) is 41.1 Å². The van der Waals surface area contributed by atoms with Crippen LogP contribution in [0.15, 0.2) is 140 Å². The van der Waals surface area contributed by atoms with Crippen molar-refractivity contribution in [3.05, 3.63) is 140 Å². The minimum Gasteiger partial charge on any atom is -0.325 e. The molecule has 1 aromatic carbocycles. The van der Waals surface area contributed by atoms with Gasteiger partial charge in [-0.1, -0.05) is 30.3 Å². The number of nitrogens with zero attached hydrogens (tertiary/aromatic N) is 6. The zero-order chi connectivity index (χ0) is 31.1. The summed E-state index contributed by atoms with van der Waals surface area (Å²) in [5, 5.41) is 4.72. The fourth-order valence-electron chi connectivity index (χ4n) is 4.34. The number of fused-ring (bicyclic) bond motifs is 3. The van der Waals surface area contributed by atoms with E-state index in [0.717, 1.165) is 50.3 Å². The van der Waals surface area contributed by atoms with Gasteiger partial charge >= 0.3 is 0 Å². The summed E-state index contributed by atoms with van der Waals surface area (Å²) in [6.07, 6.45) is 16.5. The molecule has 226 valence electrons. The smallest absolute Gasteiger partial charge is 0.225 e. The molecule has 0 radical (unpaired) electrons. The maximum atomic E-state index is 11.9. The first kappa shape index (κ1) is 33.2.